The molecular weight excluding hydrogens is 256 g/mol. The first-order valence-electron chi connectivity index (χ1n) is 6.84. The molecule has 1 rings (SSSR count). The van der Waals surface area contributed by atoms with Gasteiger partial charge in [-0.25, -0.2) is 0 Å². The minimum absolute atomic E-state index is 0.629. The van der Waals surface area contributed by atoms with Gasteiger partial charge in [0.25, 0.3) is 0 Å². The van der Waals surface area contributed by atoms with E-state index < -0.39 is 0 Å². The zero-order chi connectivity index (χ0) is 15.0. The first-order chi connectivity index (χ1) is 9.65. The maximum atomic E-state index is 5.34. The Morgan fingerprint density at radius 1 is 1.05 bits per heavy atom. The van der Waals surface area contributed by atoms with Gasteiger partial charge in [-0.05, 0) is 31.3 Å². The van der Waals surface area contributed by atoms with Crippen molar-refractivity contribution in [2.45, 2.75) is 13.5 Å². The Morgan fingerprint density at radius 2 is 1.65 bits per heavy atom. The van der Waals surface area contributed by atoms with Gasteiger partial charge in [-0.15, -0.1) is 0 Å². The van der Waals surface area contributed by atoms with E-state index in [9.17, 15) is 0 Å². The van der Waals surface area contributed by atoms with Crippen LogP contribution in [0.4, 0.5) is 0 Å². The minimum Gasteiger partial charge on any atom is -0.493 e. The van der Waals surface area contributed by atoms with Gasteiger partial charge in [0.15, 0.2) is 11.5 Å². The molecule has 0 bridgehead atoms. The Kier molecular flexibility index (Phi) is 7.18. The van der Waals surface area contributed by atoms with E-state index in [1.165, 1.54) is 0 Å². The van der Waals surface area contributed by atoms with Crippen LogP contribution in [0.2, 0.25) is 0 Å². The van der Waals surface area contributed by atoms with Crippen LogP contribution in [-0.2, 0) is 6.54 Å². The zero-order valence-corrected chi connectivity index (χ0v) is 13.2. The van der Waals surface area contributed by atoms with Crippen LogP contribution in [0.3, 0.4) is 0 Å². The third-order valence-electron chi connectivity index (χ3n) is 3.26. The zero-order valence-electron chi connectivity index (χ0n) is 13.2. The molecule has 0 aliphatic heterocycles. The molecule has 0 aromatic heterocycles. The number of benzene rings is 1. The van der Waals surface area contributed by atoms with Crippen molar-refractivity contribution < 1.29 is 14.2 Å². The fourth-order valence-electron chi connectivity index (χ4n) is 1.90. The van der Waals surface area contributed by atoms with Gasteiger partial charge >= 0.3 is 0 Å². The summed E-state index contributed by atoms with van der Waals surface area (Å²) in [6, 6.07) is 3.94. The van der Waals surface area contributed by atoms with Crippen LogP contribution in [0.15, 0.2) is 12.1 Å². The van der Waals surface area contributed by atoms with Crippen molar-refractivity contribution in [3.8, 4) is 17.2 Å². The summed E-state index contributed by atoms with van der Waals surface area (Å²) in [5.74, 6) is 2.01. The normalized spacial score (nSPS) is 10.7. The van der Waals surface area contributed by atoms with Crippen molar-refractivity contribution in [3.63, 3.8) is 0 Å². The fourth-order valence-corrected chi connectivity index (χ4v) is 1.90. The lowest BCUT2D eigenvalue weighted by Crippen LogP contribution is -2.28. The first-order valence-corrected chi connectivity index (χ1v) is 6.84. The molecule has 1 N–H and O–H groups in total. The Labute approximate surface area is 121 Å². The molecule has 1 aromatic rings. The molecule has 0 spiro atoms. The monoisotopic (exact) mass is 282 g/mol. The summed E-state index contributed by atoms with van der Waals surface area (Å²) < 4.78 is 16.0. The van der Waals surface area contributed by atoms with Gasteiger partial charge in [0.05, 0.1) is 21.3 Å². The molecule has 5 nitrogen and oxygen atoms in total. The number of likely N-dealkylation sites (N-methyl/N-ethyl adjacent to an activating group) is 1. The molecule has 0 radical (unpaired) electrons. The maximum Gasteiger partial charge on any atom is 0.203 e. The second-order valence-corrected chi connectivity index (χ2v) is 4.61. The van der Waals surface area contributed by atoms with Gasteiger partial charge in [-0.3, -0.25) is 0 Å². The highest BCUT2D eigenvalue weighted by Gasteiger charge is 2.12. The Balaban J connectivity index is 2.66. The second kappa shape index (κ2) is 8.66. The molecule has 0 unspecified atom stereocenters. The van der Waals surface area contributed by atoms with Crippen molar-refractivity contribution in [1.82, 2.24) is 10.2 Å². The van der Waals surface area contributed by atoms with E-state index in [2.05, 4.69) is 24.2 Å². The summed E-state index contributed by atoms with van der Waals surface area (Å²) in [5, 5.41) is 3.41. The van der Waals surface area contributed by atoms with Crippen LogP contribution in [0.5, 0.6) is 17.2 Å². The van der Waals surface area contributed by atoms with Crippen LogP contribution >= 0.6 is 0 Å². The van der Waals surface area contributed by atoms with Crippen LogP contribution in [-0.4, -0.2) is 52.9 Å². The highest BCUT2D eigenvalue weighted by Crippen LogP contribution is 2.38. The van der Waals surface area contributed by atoms with E-state index in [1.54, 1.807) is 21.3 Å². The minimum atomic E-state index is 0.629. The van der Waals surface area contributed by atoms with Crippen LogP contribution in [0.25, 0.3) is 0 Å². The fraction of sp³-hybridized carbons (Fsp3) is 0.600. The topological polar surface area (TPSA) is 43.0 Å². The molecule has 0 amide bonds. The first kappa shape index (κ1) is 16.6. The van der Waals surface area contributed by atoms with Gasteiger partial charge in [0.1, 0.15) is 0 Å². The van der Waals surface area contributed by atoms with Crippen LogP contribution in [0.1, 0.15) is 12.5 Å². The van der Waals surface area contributed by atoms with Crippen LogP contribution in [0, 0.1) is 0 Å². The van der Waals surface area contributed by atoms with E-state index >= 15 is 0 Å². The molecule has 114 valence electrons. The van der Waals surface area contributed by atoms with E-state index in [-0.39, 0.29) is 0 Å². The lowest BCUT2D eigenvalue weighted by molar-refractivity contribution is 0.323. The quantitative estimate of drug-likeness (QED) is 0.699. The van der Waals surface area contributed by atoms with Crippen molar-refractivity contribution in [2.24, 2.45) is 0 Å². The summed E-state index contributed by atoms with van der Waals surface area (Å²) in [6.07, 6.45) is 0. The average molecular weight is 282 g/mol. The summed E-state index contributed by atoms with van der Waals surface area (Å²) in [6.45, 7) is 5.96. The smallest absolute Gasteiger partial charge is 0.203 e. The number of hydrogen-bond acceptors (Lipinski definition) is 5. The highest BCUT2D eigenvalue weighted by atomic mass is 16.5. The molecular formula is C15H26N2O3. The highest BCUT2D eigenvalue weighted by molar-refractivity contribution is 5.53. The number of ether oxygens (including phenoxy) is 3. The van der Waals surface area contributed by atoms with E-state index in [1.807, 2.05) is 12.1 Å². The molecule has 0 saturated heterocycles. The summed E-state index contributed by atoms with van der Waals surface area (Å²) in [5.41, 5.74) is 1.11. The van der Waals surface area contributed by atoms with Crippen molar-refractivity contribution in [1.29, 1.82) is 0 Å². The molecule has 0 aliphatic carbocycles. The lowest BCUT2D eigenvalue weighted by atomic mass is 10.1. The van der Waals surface area contributed by atoms with Gasteiger partial charge in [-0.2, -0.15) is 0 Å². The van der Waals surface area contributed by atoms with E-state index in [0.717, 1.165) is 31.7 Å². The van der Waals surface area contributed by atoms with Gasteiger partial charge in [0.2, 0.25) is 5.75 Å². The molecule has 0 saturated carbocycles. The maximum absolute atomic E-state index is 5.34. The standard InChI is InChI=1S/C15H26N2O3/c1-6-17(2)8-7-16-11-12-9-13(18-3)15(20-5)14(10-12)19-4/h9-10,16H,6-8,11H2,1-5H3. The Bertz CT molecular complexity index is 385. The molecule has 5 heteroatoms. The molecule has 20 heavy (non-hydrogen) atoms. The second-order valence-electron chi connectivity index (χ2n) is 4.61. The number of nitrogens with one attached hydrogen (secondary N) is 1. The van der Waals surface area contributed by atoms with Crippen LogP contribution < -0.4 is 19.5 Å². The van der Waals surface area contributed by atoms with Crippen molar-refractivity contribution >= 4 is 0 Å². The Morgan fingerprint density at radius 3 is 2.10 bits per heavy atom. The number of rotatable bonds is 9. The Hall–Kier alpha value is -1.46. The van der Waals surface area contributed by atoms with Gasteiger partial charge in [-0.1, -0.05) is 6.92 Å². The summed E-state index contributed by atoms with van der Waals surface area (Å²) in [7, 11) is 6.98. The predicted octanol–water partition coefficient (Wildman–Crippen LogP) is 1.75. The number of nitrogens with zero attached hydrogens (tertiary/aromatic N) is 1. The SMILES string of the molecule is CCN(C)CCNCc1cc(OC)c(OC)c(OC)c1. The van der Waals surface area contributed by atoms with Gasteiger partial charge < -0.3 is 24.4 Å². The molecule has 1 aromatic carbocycles. The van der Waals surface area contributed by atoms with Crippen molar-refractivity contribution in [3.05, 3.63) is 17.7 Å². The predicted molar refractivity (Wildman–Crippen MR) is 81.0 cm³/mol. The van der Waals surface area contributed by atoms with Gasteiger partial charge in [0, 0.05) is 19.6 Å². The number of methoxy groups -OCH3 is 3. The molecule has 0 atom stereocenters. The third kappa shape index (κ3) is 4.58. The average Bonchev–Trinajstić information content (AvgIpc) is 2.49. The van der Waals surface area contributed by atoms with E-state index in [0.29, 0.717) is 17.2 Å². The van der Waals surface area contributed by atoms with E-state index in [4.69, 9.17) is 14.2 Å². The number of hydrogen-bond donors (Lipinski definition) is 1. The lowest BCUT2D eigenvalue weighted by Gasteiger charge is -2.16. The largest absolute Gasteiger partial charge is 0.493 e. The third-order valence-corrected chi connectivity index (χ3v) is 3.26. The molecule has 0 aliphatic rings. The molecule has 0 fully saturated rings. The summed E-state index contributed by atoms with van der Waals surface area (Å²) in [4.78, 5) is 2.27. The molecule has 0 heterocycles. The summed E-state index contributed by atoms with van der Waals surface area (Å²) >= 11 is 0. The van der Waals surface area contributed by atoms with Crippen molar-refractivity contribution in [2.75, 3.05) is 48.0 Å².